The molecule has 3 N–H and O–H groups in total. The minimum Gasteiger partial charge on any atom is -0.338 e. The van der Waals surface area contributed by atoms with E-state index in [4.69, 9.17) is 11.6 Å². The molecule has 0 saturated heterocycles. The van der Waals surface area contributed by atoms with Crippen LogP contribution >= 0.6 is 11.6 Å². The summed E-state index contributed by atoms with van der Waals surface area (Å²) in [4.78, 5) is 1.67. The van der Waals surface area contributed by atoms with Gasteiger partial charge in [-0.3, -0.25) is 0 Å². The third-order valence-corrected chi connectivity index (χ3v) is 3.25. The Morgan fingerprint density at radius 2 is 1.75 bits per heavy atom. The lowest BCUT2D eigenvalue weighted by Gasteiger charge is -2.13. The van der Waals surface area contributed by atoms with E-state index in [-0.39, 0.29) is 0 Å². The highest BCUT2D eigenvalue weighted by molar-refractivity contribution is 6.30. The van der Waals surface area contributed by atoms with Gasteiger partial charge >= 0.3 is 0 Å². The Kier molecular flexibility index (Phi) is 6.46. The van der Waals surface area contributed by atoms with Gasteiger partial charge in [0.05, 0.1) is 13.1 Å². The molecule has 0 saturated carbocycles. The maximum Gasteiger partial charge on any atom is 0.127 e. The lowest BCUT2D eigenvalue weighted by Crippen LogP contribution is -3.14. The van der Waals surface area contributed by atoms with E-state index in [2.05, 4.69) is 31.3 Å². The van der Waals surface area contributed by atoms with Gasteiger partial charge in [0.1, 0.15) is 19.6 Å². The van der Waals surface area contributed by atoms with Crippen LogP contribution in [0.25, 0.3) is 0 Å². The molecule has 0 radical (unpaired) electrons. The van der Waals surface area contributed by atoms with Crippen molar-refractivity contribution in [3.63, 3.8) is 0 Å². The fraction of sp³-hybridized carbons (Fsp3) is 0.538. The first-order valence-corrected chi connectivity index (χ1v) is 6.53. The van der Waals surface area contributed by atoms with E-state index in [1.807, 2.05) is 12.1 Å². The summed E-state index contributed by atoms with van der Waals surface area (Å²) in [6, 6.07) is 8.12. The number of quaternary nitrogens is 2. The second-order valence-electron chi connectivity index (χ2n) is 4.12. The van der Waals surface area contributed by atoms with Crippen LogP contribution in [-0.4, -0.2) is 26.2 Å². The van der Waals surface area contributed by atoms with E-state index >= 15 is 0 Å². The summed E-state index contributed by atoms with van der Waals surface area (Å²) in [5.41, 5.74) is 1.35. The molecular weight excluding hydrogens is 220 g/mol. The Morgan fingerprint density at radius 1 is 1.12 bits per heavy atom. The Balaban J connectivity index is 2.18. The number of likely N-dealkylation sites (N-methyl/N-ethyl adjacent to an activating group) is 1. The van der Waals surface area contributed by atoms with Crippen molar-refractivity contribution in [3.05, 3.63) is 34.9 Å². The van der Waals surface area contributed by atoms with Gasteiger partial charge in [0.25, 0.3) is 0 Å². The number of hydrogen-bond acceptors (Lipinski definition) is 0. The second kappa shape index (κ2) is 7.66. The fourth-order valence-electron chi connectivity index (χ4n) is 1.80. The van der Waals surface area contributed by atoms with Gasteiger partial charge in [0, 0.05) is 10.6 Å². The Bertz CT molecular complexity index is 280. The van der Waals surface area contributed by atoms with Gasteiger partial charge in [-0.15, -0.1) is 0 Å². The molecule has 1 rings (SSSR count). The first-order chi connectivity index (χ1) is 7.76. The van der Waals surface area contributed by atoms with Gasteiger partial charge in [-0.1, -0.05) is 23.7 Å². The summed E-state index contributed by atoms with van der Waals surface area (Å²) in [5.74, 6) is 0. The molecule has 0 amide bonds. The molecule has 0 aromatic heterocycles. The zero-order valence-corrected chi connectivity index (χ0v) is 11.1. The van der Waals surface area contributed by atoms with Crippen molar-refractivity contribution in [1.29, 1.82) is 0 Å². The van der Waals surface area contributed by atoms with E-state index in [0.717, 1.165) is 11.6 Å². The molecule has 3 heteroatoms. The van der Waals surface area contributed by atoms with E-state index in [1.54, 1.807) is 4.90 Å². The molecule has 0 aliphatic carbocycles. The Hall–Kier alpha value is -0.570. The normalized spacial score (nSPS) is 11.0. The number of halogens is 1. The zero-order chi connectivity index (χ0) is 11.8. The monoisotopic (exact) mass is 242 g/mol. The number of nitrogens with one attached hydrogen (secondary N) is 1. The van der Waals surface area contributed by atoms with Crippen molar-refractivity contribution in [2.75, 3.05) is 26.2 Å². The van der Waals surface area contributed by atoms with Crippen LogP contribution in [-0.2, 0) is 6.54 Å². The molecule has 90 valence electrons. The average Bonchev–Trinajstić information content (AvgIpc) is 2.32. The molecule has 0 aliphatic heterocycles. The summed E-state index contributed by atoms with van der Waals surface area (Å²) in [7, 11) is 0. The van der Waals surface area contributed by atoms with Crippen molar-refractivity contribution >= 4 is 11.6 Å². The van der Waals surface area contributed by atoms with Gasteiger partial charge in [-0.2, -0.15) is 0 Å². The van der Waals surface area contributed by atoms with Crippen LogP contribution in [0.3, 0.4) is 0 Å². The fourth-order valence-corrected chi connectivity index (χ4v) is 1.92. The van der Waals surface area contributed by atoms with Gasteiger partial charge in [0.2, 0.25) is 0 Å². The quantitative estimate of drug-likeness (QED) is 0.644. The molecule has 0 spiro atoms. The van der Waals surface area contributed by atoms with Gasteiger partial charge in [0.15, 0.2) is 0 Å². The highest BCUT2D eigenvalue weighted by Crippen LogP contribution is 2.08. The van der Waals surface area contributed by atoms with Crippen LogP contribution in [0, 0.1) is 0 Å². The molecule has 2 nitrogen and oxygen atoms in total. The summed E-state index contributed by atoms with van der Waals surface area (Å²) in [6.45, 7) is 10.4. The van der Waals surface area contributed by atoms with Crippen LogP contribution in [0.5, 0.6) is 0 Å². The number of nitrogens with two attached hydrogens (primary N) is 1. The number of benzene rings is 1. The van der Waals surface area contributed by atoms with Crippen molar-refractivity contribution in [2.24, 2.45) is 0 Å². The molecule has 0 unspecified atom stereocenters. The molecule has 1 aromatic carbocycles. The van der Waals surface area contributed by atoms with E-state index in [9.17, 15) is 0 Å². The van der Waals surface area contributed by atoms with Crippen molar-refractivity contribution in [2.45, 2.75) is 20.4 Å². The second-order valence-corrected chi connectivity index (χ2v) is 4.55. The largest absolute Gasteiger partial charge is 0.338 e. The van der Waals surface area contributed by atoms with Crippen LogP contribution in [0.1, 0.15) is 19.4 Å². The summed E-state index contributed by atoms with van der Waals surface area (Å²) >= 11 is 5.84. The third kappa shape index (κ3) is 4.97. The van der Waals surface area contributed by atoms with Crippen LogP contribution < -0.4 is 10.2 Å². The summed E-state index contributed by atoms with van der Waals surface area (Å²) in [6.07, 6.45) is 0. The van der Waals surface area contributed by atoms with Gasteiger partial charge in [-0.05, 0) is 26.0 Å². The molecular formula is C13H23ClN2+2. The predicted molar refractivity (Wildman–Crippen MR) is 68.9 cm³/mol. The van der Waals surface area contributed by atoms with Crippen LogP contribution in [0.4, 0.5) is 0 Å². The van der Waals surface area contributed by atoms with Crippen molar-refractivity contribution < 1.29 is 10.2 Å². The maximum absolute atomic E-state index is 5.84. The standard InChI is InChI=1S/C13H21ClN2/c1-3-16(4-2)10-9-15-11-12-5-7-13(14)8-6-12/h5-8,15H,3-4,9-11H2,1-2H3/p+2. The van der Waals surface area contributed by atoms with Gasteiger partial charge in [-0.25, -0.2) is 0 Å². The van der Waals surface area contributed by atoms with Crippen LogP contribution in [0.2, 0.25) is 5.02 Å². The predicted octanol–water partition coefficient (Wildman–Crippen LogP) is 0.328. The minimum absolute atomic E-state index is 0.816. The molecule has 1 aromatic rings. The smallest absolute Gasteiger partial charge is 0.127 e. The first kappa shape index (κ1) is 13.5. The lowest BCUT2D eigenvalue weighted by atomic mass is 10.2. The van der Waals surface area contributed by atoms with Crippen LogP contribution in [0.15, 0.2) is 24.3 Å². The first-order valence-electron chi connectivity index (χ1n) is 6.16. The zero-order valence-electron chi connectivity index (χ0n) is 10.3. The van der Waals surface area contributed by atoms with E-state index in [1.165, 1.54) is 31.7 Å². The maximum atomic E-state index is 5.84. The van der Waals surface area contributed by atoms with Crippen molar-refractivity contribution in [1.82, 2.24) is 0 Å². The molecule has 16 heavy (non-hydrogen) atoms. The Labute approximate surface area is 104 Å². The number of hydrogen-bond donors (Lipinski definition) is 2. The van der Waals surface area contributed by atoms with E-state index in [0.29, 0.717) is 0 Å². The molecule has 0 atom stereocenters. The minimum atomic E-state index is 0.816. The molecule has 0 fully saturated rings. The average molecular weight is 243 g/mol. The Morgan fingerprint density at radius 3 is 2.31 bits per heavy atom. The molecule has 0 aliphatic rings. The van der Waals surface area contributed by atoms with Gasteiger partial charge < -0.3 is 10.2 Å². The molecule has 0 bridgehead atoms. The number of rotatable bonds is 7. The SMILES string of the molecule is CC[NH+](CC)CC[NH2+]Cc1ccc(Cl)cc1. The third-order valence-electron chi connectivity index (χ3n) is 3.00. The topological polar surface area (TPSA) is 21.1 Å². The highest BCUT2D eigenvalue weighted by atomic mass is 35.5. The summed E-state index contributed by atoms with van der Waals surface area (Å²) in [5, 5.41) is 3.19. The van der Waals surface area contributed by atoms with E-state index < -0.39 is 0 Å². The van der Waals surface area contributed by atoms with Crippen molar-refractivity contribution in [3.8, 4) is 0 Å². The highest BCUT2D eigenvalue weighted by Gasteiger charge is 2.03. The molecule has 0 heterocycles. The lowest BCUT2D eigenvalue weighted by molar-refractivity contribution is -0.910. The summed E-state index contributed by atoms with van der Waals surface area (Å²) < 4.78 is 0.